The smallest absolute Gasteiger partial charge is 0.325 e. The molecule has 0 heterocycles. The highest BCUT2D eigenvalue weighted by atomic mass is 16.5. The molecule has 0 aliphatic rings. The average Bonchev–Trinajstić information content (AvgIpc) is 2.54. The molecule has 0 aliphatic carbocycles. The highest BCUT2D eigenvalue weighted by Gasteiger charge is 2.14. The third-order valence-electron chi connectivity index (χ3n) is 3.64. The van der Waals surface area contributed by atoms with E-state index in [0.29, 0.717) is 18.7 Å². The molecule has 0 atom stereocenters. The molecule has 0 radical (unpaired) electrons. The molecule has 2 amide bonds. The Morgan fingerprint density at radius 1 is 1.09 bits per heavy atom. The van der Waals surface area contributed by atoms with Crippen molar-refractivity contribution in [2.24, 2.45) is 0 Å². The second kappa shape index (κ2) is 8.92. The van der Waals surface area contributed by atoms with E-state index in [1.54, 1.807) is 17.0 Å². The van der Waals surface area contributed by atoms with Crippen LogP contribution >= 0.6 is 0 Å². The number of rotatable bonds is 7. The summed E-state index contributed by atoms with van der Waals surface area (Å²) in [7, 11) is 0. The summed E-state index contributed by atoms with van der Waals surface area (Å²) in [6, 6.07) is 5.32. The van der Waals surface area contributed by atoms with Gasteiger partial charge in [-0.05, 0) is 51.0 Å². The first-order valence-electron chi connectivity index (χ1n) is 7.67. The van der Waals surface area contributed by atoms with Crippen LogP contribution in [0.5, 0.6) is 0 Å². The number of amides is 2. The van der Waals surface area contributed by atoms with E-state index in [1.807, 2.05) is 33.8 Å². The Hall–Kier alpha value is -2.37. The Labute approximate surface area is 136 Å². The van der Waals surface area contributed by atoms with Gasteiger partial charge in [-0.3, -0.25) is 14.4 Å². The van der Waals surface area contributed by atoms with Gasteiger partial charge in [-0.1, -0.05) is 6.07 Å². The second-order valence-electron chi connectivity index (χ2n) is 5.21. The number of esters is 1. The van der Waals surface area contributed by atoms with E-state index < -0.39 is 5.97 Å². The molecule has 0 unspecified atom stereocenters. The quantitative estimate of drug-likeness (QED) is 0.772. The molecule has 0 spiro atoms. The van der Waals surface area contributed by atoms with Crippen molar-refractivity contribution in [1.29, 1.82) is 0 Å². The van der Waals surface area contributed by atoms with Crippen molar-refractivity contribution in [2.45, 2.75) is 27.7 Å². The van der Waals surface area contributed by atoms with Crippen molar-refractivity contribution < 1.29 is 19.1 Å². The second-order valence-corrected chi connectivity index (χ2v) is 5.21. The molecule has 0 saturated carbocycles. The van der Waals surface area contributed by atoms with E-state index in [9.17, 15) is 14.4 Å². The average molecular weight is 320 g/mol. The maximum atomic E-state index is 12.0. The topological polar surface area (TPSA) is 75.7 Å². The summed E-state index contributed by atoms with van der Waals surface area (Å²) in [5, 5.41) is 2.49. The summed E-state index contributed by atoms with van der Waals surface area (Å²) in [5.74, 6) is -1.23. The normalized spacial score (nSPS) is 10.1. The Kier molecular flexibility index (Phi) is 7.25. The maximum Gasteiger partial charge on any atom is 0.325 e. The number of hydrogen-bond acceptors (Lipinski definition) is 4. The molecule has 0 bridgehead atoms. The molecule has 0 fully saturated rings. The van der Waals surface area contributed by atoms with Gasteiger partial charge in [0.05, 0.1) is 0 Å². The molecule has 126 valence electrons. The van der Waals surface area contributed by atoms with Crippen LogP contribution in [0.3, 0.4) is 0 Å². The monoisotopic (exact) mass is 320 g/mol. The number of carbonyl (C=O) groups excluding carboxylic acids is 3. The van der Waals surface area contributed by atoms with Gasteiger partial charge in [0.1, 0.15) is 6.54 Å². The van der Waals surface area contributed by atoms with E-state index in [2.05, 4.69) is 5.32 Å². The van der Waals surface area contributed by atoms with Crippen LogP contribution < -0.4 is 5.32 Å². The molecular formula is C17H24N2O4. The van der Waals surface area contributed by atoms with Crippen molar-refractivity contribution in [3.63, 3.8) is 0 Å². The summed E-state index contributed by atoms with van der Waals surface area (Å²) < 4.78 is 4.87. The summed E-state index contributed by atoms with van der Waals surface area (Å²) in [6.45, 7) is 8.14. The van der Waals surface area contributed by atoms with Gasteiger partial charge in [0.2, 0.25) is 0 Å². The summed E-state index contributed by atoms with van der Waals surface area (Å²) in [4.78, 5) is 36.8. The standard InChI is InChI=1S/C17H24N2O4/c1-5-19(6-2)15(20)11-23-16(21)10-18-17(22)14-8-7-12(3)13(4)9-14/h7-9H,5-6,10-11H2,1-4H3,(H,18,22). The van der Waals surface area contributed by atoms with Gasteiger partial charge in [-0.25, -0.2) is 0 Å². The Balaban J connectivity index is 2.42. The first-order valence-corrected chi connectivity index (χ1v) is 7.67. The van der Waals surface area contributed by atoms with E-state index in [4.69, 9.17) is 4.74 Å². The number of aryl methyl sites for hydroxylation is 2. The zero-order chi connectivity index (χ0) is 17.4. The van der Waals surface area contributed by atoms with Gasteiger partial charge in [-0.15, -0.1) is 0 Å². The van der Waals surface area contributed by atoms with Gasteiger partial charge in [0.25, 0.3) is 11.8 Å². The van der Waals surface area contributed by atoms with E-state index in [0.717, 1.165) is 11.1 Å². The van der Waals surface area contributed by atoms with Gasteiger partial charge >= 0.3 is 5.97 Å². The molecule has 0 saturated heterocycles. The minimum absolute atomic E-state index is 0.246. The third-order valence-corrected chi connectivity index (χ3v) is 3.64. The largest absolute Gasteiger partial charge is 0.454 e. The van der Waals surface area contributed by atoms with E-state index >= 15 is 0 Å². The minimum atomic E-state index is -0.636. The highest BCUT2D eigenvalue weighted by Crippen LogP contribution is 2.09. The van der Waals surface area contributed by atoms with Crippen LogP contribution in [0.2, 0.25) is 0 Å². The van der Waals surface area contributed by atoms with Gasteiger partial charge in [0.15, 0.2) is 6.61 Å². The van der Waals surface area contributed by atoms with Gasteiger partial charge < -0.3 is 15.0 Å². The van der Waals surface area contributed by atoms with Crippen LogP contribution in [-0.4, -0.2) is 48.9 Å². The molecular weight excluding hydrogens is 296 g/mol. The lowest BCUT2D eigenvalue weighted by Gasteiger charge is -2.18. The molecule has 1 aromatic carbocycles. The van der Waals surface area contributed by atoms with Crippen molar-refractivity contribution in [3.8, 4) is 0 Å². The number of nitrogens with zero attached hydrogens (tertiary/aromatic N) is 1. The molecule has 23 heavy (non-hydrogen) atoms. The predicted octanol–water partition coefficient (Wildman–Crippen LogP) is 1.44. The van der Waals surface area contributed by atoms with Crippen molar-refractivity contribution >= 4 is 17.8 Å². The Bertz CT molecular complexity index is 580. The molecule has 0 aliphatic heterocycles. The lowest BCUT2D eigenvalue weighted by atomic mass is 10.1. The minimum Gasteiger partial charge on any atom is -0.454 e. The molecule has 1 aromatic rings. The number of ether oxygens (including phenoxy) is 1. The van der Waals surface area contributed by atoms with Crippen molar-refractivity contribution in [1.82, 2.24) is 10.2 Å². The van der Waals surface area contributed by atoms with Gasteiger partial charge in [0, 0.05) is 18.7 Å². The zero-order valence-corrected chi connectivity index (χ0v) is 14.1. The van der Waals surface area contributed by atoms with Gasteiger partial charge in [-0.2, -0.15) is 0 Å². The van der Waals surface area contributed by atoms with Crippen molar-refractivity contribution in [2.75, 3.05) is 26.2 Å². The van der Waals surface area contributed by atoms with Crippen LogP contribution in [0.25, 0.3) is 0 Å². The SMILES string of the molecule is CCN(CC)C(=O)COC(=O)CNC(=O)c1ccc(C)c(C)c1. The fourth-order valence-electron chi connectivity index (χ4n) is 2.00. The first-order chi connectivity index (χ1) is 10.9. The van der Waals surface area contributed by atoms with Crippen LogP contribution in [0.15, 0.2) is 18.2 Å². The fourth-order valence-corrected chi connectivity index (χ4v) is 2.00. The Morgan fingerprint density at radius 2 is 1.74 bits per heavy atom. The zero-order valence-electron chi connectivity index (χ0n) is 14.1. The molecule has 1 N–H and O–H groups in total. The molecule has 1 rings (SSSR count). The van der Waals surface area contributed by atoms with Crippen LogP contribution in [0.4, 0.5) is 0 Å². The number of carbonyl (C=O) groups is 3. The highest BCUT2D eigenvalue weighted by molar-refractivity contribution is 5.96. The predicted molar refractivity (Wildman–Crippen MR) is 87.1 cm³/mol. The lowest BCUT2D eigenvalue weighted by molar-refractivity contribution is -0.151. The number of nitrogens with one attached hydrogen (secondary N) is 1. The van der Waals surface area contributed by atoms with Crippen LogP contribution in [0.1, 0.15) is 35.3 Å². The lowest BCUT2D eigenvalue weighted by Crippen LogP contribution is -2.36. The molecule has 6 nitrogen and oxygen atoms in total. The first kappa shape index (κ1) is 18.7. The summed E-state index contributed by atoms with van der Waals surface area (Å²) in [5.41, 5.74) is 2.58. The van der Waals surface area contributed by atoms with Crippen molar-refractivity contribution in [3.05, 3.63) is 34.9 Å². The summed E-state index contributed by atoms with van der Waals surface area (Å²) in [6.07, 6.45) is 0. The number of likely N-dealkylation sites (N-methyl/N-ethyl adjacent to an activating group) is 1. The van der Waals surface area contributed by atoms with Crippen LogP contribution in [0, 0.1) is 13.8 Å². The fraction of sp³-hybridized carbons (Fsp3) is 0.471. The van der Waals surface area contributed by atoms with E-state index in [-0.39, 0.29) is 25.0 Å². The summed E-state index contributed by atoms with van der Waals surface area (Å²) >= 11 is 0. The van der Waals surface area contributed by atoms with E-state index in [1.165, 1.54) is 0 Å². The van der Waals surface area contributed by atoms with Crippen LogP contribution in [-0.2, 0) is 14.3 Å². The molecule has 6 heteroatoms. The maximum absolute atomic E-state index is 12.0. The number of benzene rings is 1. The Morgan fingerprint density at radius 3 is 2.30 bits per heavy atom. The number of hydrogen-bond donors (Lipinski definition) is 1. The molecule has 0 aromatic heterocycles. The third kappa shape index (κ3) is 5.73.